The Morgan fingerprint density at radius 1 is 1.09 bits per heavy atom. The van der Waals surface area contributed by atoms with Crippen LogP contribution in [0.3, 0.4) is 0 Å². The summed E-state index contributed by atoms with van der Waals surface area (Å²) in [5, 5.41) is 0. The van der Waals surface area contributed by atoms with E-state index in [1.54, 1.807) is 0 Å². The quantitative estimate of drug-likeness (QED) is 0.749. The highest BCUT2D eigenvalue weighted by Gasteiger charge is 2.16. The number of anilines is 1. The van der Waals surface area contributed by atoms with Crippen LogP contribution in [0.25, 0.3) is 16.9 Å². The second-order valence-electron chi connectivity index (χ2n) is 5.42. The van der Waals surface area contributed by atoms with E-state index in [2.05, 4.69) is 4.98 Å². The molecule has 1 aliphatic rings. The van der Waals surface area contributed by atoms with Crippen molar-refractivity contribution < 1.29 is 9.47 Å². The van der Waals surface area contributed by atoms with Gasteiger partial charge in [0, 0.05) is 17.7 Å². The van der Waals surface area contributed by atoms with E-state index in [0.29, 0.717) is 19.0 Å². The fourth-order valence-electron chi connectivity index (χ4n) is 2.80. The number of rotatable bonds is 1. The number of nitrogens with two attached hydrogens (primary N) is 1. The molecule has 0 bridgehead atoms. The van der Waals surface area contributed by atoms with E-state index in [1.165, 1.54) is 0 Å². The minimum atomic E-state index is 0.641. The third-order valence-corrected chi connectivity index (χ3v) is 3.90. The van der Waals surface area contributed by atoms with Crippen LogP contribution in [0.4, 0.5) is 5.82 Å². The summed E-state index contributed by atoms with van der Waals surface area (Å²) in [5.74, 6) is 2.17. The van der Waals surface area contributed by atoms with Gasteiger partial charge in [-0.05, 0) is 37.3 Å². The van der Waals surface area contributed by atoms with Gasteiger partial charge in [0.15, 0.2) is 11.5 Å². The highest BCUT2D eigenvalue weighted by atomic mass is 16.5. The fraction of sp³-hybridized carbons (Fsp3) is 0.235. The van der Waals surface area contributed by atoms with E-state index in [4.69, 9.17) is 15.2 Å². The standard InChI is InChI=1S/C17H17N3O2/c1-11-4-2-5-15-19-16(17(18)20(11)15)12-6-7-13-14(10-12)22-9-3-8-21-13/h2,4-7,10H,3,8-9,18H2,1H3. The largest absolute Gasteiger partial charge is 0.490 e. The lowest BCUT2D eigenvalue weighted by Gasteiger charge is -2.08. The zero-order chi connectivity index (χ0) is 15.1. The van der Waals surface area contributed by atoms with Crippen LogP contribution in [0.2, 0.25) is 0 Å². The number of fused-ring (bicyclic) bond motifs is 2. The maximum atomic E-state index is 6.31. The number of aromatic nitrogens is 2. The third-order valence-electron chi connectivity index (χ3n) is 3.90. The van der Waals surface area contributed by atoms with Crippen LogP contribution in [0.1, 0.15) is 12.1 Å². The molecule has 1 aliphatic heterocycles. The molecule has 112 valence electrons. The van der Waals surface area contributed by atoms with Gasteiger partial charge in [-0.3, -0.25) is 4.40 Å². The van der Waals surface area contributed by atoms with Gasteiger partial charge in [-0.25, -0.2) is 4.98 Å². The summed E-state index contributed by atoms with van der Waals surface area (Å²) >= 11 is 0. The Morgan fingerprint density at radius 2 is 1.91 bits per heavy atom. The summed E-state index contributed by atoms with van der Waals surface area (Å²) in [5.41, 5.74) is 9.92. The van der Waals surface area contributed by atoms with Gasteiger partial charge in [-0.1, -0.05) is 6.07 Å². The van der Waals surface area contributed by atoms with Crippen molar-refractivity contribution in [3.05, 3.63) is 42.1 Å². The first-order valence-electron chi connectivity index (χ1n) is 7.37. The normalized spacial score (nSPS) is 14.0. The number of nitrogens with zero attached hydrogens (tertiary/aromatic N) is 2. The molecule has 3 heterocycles. The van der Waals surface area contributed by atoms with Crippen LogP contribution in [-0.2, 0) is 0 Å². The Bertz CT molecular complexity index is 854. The predicted molar refractivity (Wildman–Crippen MR) is 85.4 cm³/mol. The van der Waals surface area contributed by atoms with Gasteiger partial charge < -0.3 is 15.2 Å². The number of benzene rings is 1. The van der Waals surface area contributed by atoms with Crippen molar-refractivity contribution in [1.82, 2.24) is 9.38 Å². The Balaban J connectivity index is 1.87. The maximum absolute atomic E-state index is 6.31. The second kappa shape index (κ2) is 4.94. The van der Waals surface area contributed by atoms with Crippen LogP contribution >= 0.6 is 0 Å². The highest BCUT2D eigenvalue weighted by molar-refractivity contribution is 5.76. The number of imidazole rings is 1. The minimum absolute atomic E-state index is 0.641. The molecule has 1 aromatic carbocycles. The number of aryl methyl sites for hydroxylation is 1. The van der Waals surface area contributed by atoms with Crippen LogP contribution in [-0.4, -0.2) is 22.6 Å². The summed E-state index contributed by atoms with van der Waals surface area (Å²) in [6, 6.07) is 11.8. The van der Waals surface area contributed by atoms with Crippen LogP contribution in [0, 0.1) is 6.92 Å². The number of hydrogen-bond acceptors (Lipinski definition) is 4. The van der Waals surface area contributed by atoms with Gasteiger partial charge in [-0.2, -0.15) is 0 Å². The molecule has 0 saturated carbocycles. The number of hydrogen-bond donors (Lipinski definition) is 1. The molecule has 5 nitrogen and oxygen atoms in total. The van der Waals surface area contributed by atoms with Crippen molar-refractivity contribution in [2.24, 2.45) is 0 Å². The Labute approximate surface area is 128 Å². The molecule has 0 spiro atoms. The van der Waals surface area contributed by atoms with E-state index in [1.807, 2.05) is 47.7 Å². The Kier molecular flexibility index (Phi) is 2.92. The Morgan fingerprint density at radius 3 is 2.73 bits per heavy atom. The molecule has 4 rings (SSSR count). The van der Waals surface area contributed by atoms with Crippen molar-refractivity contribution in [3.63, 3.8) is 0 Å². The van der Waals surface area contributed by atoms with E-state index in [-0.39, 0.29) is 0 Å². The average molecular weight is 295 g/mol. The molecule has 0 unspecified atom stereocenters. The van der Waals surface area contributed by atoms with Crippen molar-refractivity contribution in [2.45, 2.75) is 13.3 Å². The molecule has 2 N–H and O–H groups in total. The van der Waals surface area contributed by atoms with Crippen LogP contribution < -0.4 is 15.2 Å². The topological polar surface area (TPSA) is 61.8 Å². The molecule has 0 saturated heterocycles. The molecule has 2 aromatic heterocycles. The van der Waals surface area contributed by atoms with Gasteiger partial charge in [0.1, 0.15) is 17.2 Å². The lowest BCUT2D eigenvalue weighted by molar-refractivity contribution is 0.297. The van der Waals surface area contributed by atoms with E-state index >= 15 is 0 Å². The van der Waals surface area contributed by atoms with Gasteiger partial charge in [0.2, 0.25) is 0 Å². The summed E-state index contributed by atoms with van der Waals surface area (Å²) in [4.78, 5) is 4.66. The molecule has 0 aliphatic carbocycles. The summed E-state index contributed by atoms with van der Waals surface area (Å²) in [6.07, 6.45) is 0.889. The van der Waals surface area contributed by atoms with Gasteiger partial charge >= 0.3 is 0 Å². The van der Waals surface area contributed by atoms with Crippen molar-refractivity contribution >= 4 is 11.5 Å². The summed E-state index contributed by atoms with van der Waals surface area (Å²) in [6.45, 7) is 3.36. The first kappa shape index (κ1) is 13.0. The van der Waals surface area contributed by atoms with Crippen molar-refractivity contribution in [2.75, 3.05) is 18.9 Å². The second-order valence-corrected chi connectivity index (χ2v) is 5.42. The Hall–Kier alpha value is -2.69. The van der Waals surface area contributed by atoms with E-state index in [9.17, 15) is 0 Å². The van der Waals surface area contributed by atoms with Gasteiger partial charge in [0.05, 0.1) is 13.2 Å². The molecule has 0 radical (unpaired) electrons. The smallest absolute Gasteiger partial charge is 0.161 e. The van der Waals surface area contributed by atoms with Crippen molar-refractivity contribution in [1.29, 1.82) is 0 Å². The van der Waals surface area contributed by atoms with Crippen LogP contribution in [0.15, 0.2) is 36.4 Å². The van der Waals surface area contributed by atoms with E-state index < -0.39 is 0 Å². The van der Waals surface area contributed by atoms with Crippen molar-refractivity contribution in [3.8, 4) is 22.8 Å². The maximum Gasteiger partial charge on any atom is 0.161 e. The lowest BCUT2D eigenvalue weighted by Crippen LogP contribution is -1.98. The first-order chi connectivity index (χ1) is 10.7. The minimum Gasteiger partial charge on any atom is -0.490 e. The molecular weight excluding hydrogens is 278 g/mol. The molecule has 0 fully saturated rings. The summed E-state index contributed by atoms with van der Waals surface area (Å²) in [7, 11) is 0. The van der Waals surface area contributed by atoms with E-state index in [0.717, 1.165) is 40.5 Å². The molecule has 22 heavy (non-hydrogen) atoms. The number of pyridine rings is 1. The number of ether oxygens (including phenoxy) is 2. The SMILES string of the molecule is Cc1cccc2nc(-c3ccc4c(c3)OCCCO4)c(N)n12. The monoisotopic (exact) mass is 295 g/mol. The molecule has 0 atom stereocenters. The molecule has 3 aromatic rings. The number of nitrogen functional groups attached to an aromatic ring is 1. The first-order valence-corrected chi connectivity index (χ1v) is 7.37. The third kappa shape index (κ3) is 1.97. The lowest BCUT2D eigenvalue weighted by atomic mass is 10.1. The summed E-state index contributed by atoms with van der Waals surface area (Å²) < 4.78 is 13.4. The average Bonchev–Trinajstić information content (AvgIpc) is 2.71. The molecule has 5 heteroatoms. The fourth-order valence-corrected chi connectivity index (χ4v) is 2.80. The zero-order valence-corrected chi connectivity index (χ0v) is 12.4. The zero-order valence-electron chi connectivity index (χ0n) is 12.4. The molecule has 0 amide bonds. The molecular formula is C17H17N3O2. The van der Waals surface area contributed by atoms with Gasteiger partial charge in [0.25, 0.3) is 0 Å². The van der Waals surface area contributed by atoms with Gasteiger partial charge in [-0.15, -0.1) is 0 Å². The predicted octanol–water partition coefficient (Wildman–Crippen LogP) is 3.05. The highest BCUT2D eigenvalue weighted by Crippen LogP contribution is 2.36. The van der Waals surface area contributed by atoms with Crippen LogP contribution in [0.5, 0.6) is 11.5 Å².